The number of nitrogens with zero attached hydrogens (tertiary/aromatic N) is 3. The van der Waals surface area contributed by atoms with Crippen LogP contribution < -0.4 is 5.73 Å². The van der Waals surface area contributed by atoms with E-state index in [4.69, 9.17) is 5.73 Å². The van der Waals surface area contributed by atoms with Gasteiger partial charge in [0.1, 0.15) is 0 Å². The van der Waals surface area contributed by atoms with Gasteiger partial charge in [0.25, 0.3) is 0 Å². The van der Waals surface area contributed by atoms with E-state index in [1.807, 2.05) is 18.3 Å². The molecule has 0 radical (unpaired) electrons. The fraction of sp³-hybridized carbons (Fsp3) is 0.688. The second-order valence-corrected chi connectivity index (χ2v) is 6.25. The first kappa shape index (κ1) is 17.1. The van der Waals surface area contributed by atoms with Crippen LogP contribution in [0.5, 0.6) is 0 Å². The van der Waals surface area contributed by atoms with Crippen molar-refractivity contribution in [1.29, 1.82) is 0 Å². The lowest BCUT2D eigenvalue weighted by Crippen LogP contribution is -2.44. The normalized spacial score (nSPS) is 15.1. The fourth-order valence-electron chi connectivity index (χ4n) is 2.48. The zero-order valence-corrected chi connectivity index (χ0v) is 13.6. The molecule has 4 heteroatoms. The van der Waals surface area contributed by atoms with E-state index in [0.29, 0.717) is 5.92 Å². The number of hydrogen-bond donors (Lipinski definition) is 1. The molecule has 0 fully saturated rings. The molecule has 0 bridgehead atoms. The van der Waals surface area contributed by atoms with Crippen LogP contribution in [0.3, 0.4) is 0 Å². The summed E-state index contributed by atoms with van der Waals surface area (Å²) in [6.07, 6.45) is 1.85. The maximum absolute atomic E-state index is 6.26. The van der Waals surface area contributed by atoms with Gasteiger partial charge < -0.3 is 10.6 Å². The van der Waals surface area contributed by atoms with E-state index >= 15 is 0 Å². The number of likely N-dealkylation sites (N-methyl/N-ethyl adjacent to an activating group) is 1. The van der Waals surface area contributed by atoms with Crippen LogP contribution in [0.4, 0.5) is 0 Å². The van der Waals surface area contributed by atoms with Gasteiger partial charge in [-0.1, -0.05) is 19.9 Å². The first-order valence-electron chi connectivity index (χ1n) is 7.47. The molecule has 2 unspecified atom stereocenters. The van der Waals surface area contributed by atoms with Crippen molar-refractivity contribution in [2.45, 2.75) is 32.9 Å². The van der Waals surface area contributed by atoms with Gasteiger partial charge in [-0.3, -0.25) is 9.88 Å². The lowest BCUT2D eigenvalue weighted by Gasteiger charge is -2.35. The molecule has 0 aliphatic carbocycles. The molecule has 2 atom stereocenters. The van der Waals surface area contributed by atoms with Gasteiger partial charge >= 0.3 is 0 Å². The molecule has 1 aromatic heterocycles. The molecule has 0 aliphatic heterocycles. The summed E-state index contributed by atoms with van der Waals surface area (Å²) >= 11 is 0. The fourth-order valence-corrected chi connectivity index (χ4v) is 2.48. The largest absolute Gasteiger partial charge is 0.326 e. The Labute approximate surface area is 124 Å². The lowest BCUT2D eigenvalue weighted by atomic mass is 10.0. The third kappa shape index (κ3) is 5.57. The maximum atomic E-state index is 6.26. The van der Waals surface area contributed by atoms with Crippen LogP contribution in [0.2, 0.25) is 0 Å². The van der Waals surface area contributed by atoms with Crippen molar-refractivity contribution in [3.63, 3.8) is 0 Å². The van der Waals surface area contributed by atoms with Gasteiger partial charge in [-0.2, -0.15) is 0 Å². The minimum absolute atomic E-state index is 0.0609. The van der Waals surface area contributed by atoms with Crippen molar-refractivity contribution in [3.05, 3.63) is 30.1 Å². The molecule has 1 rings (SSSR count). The molecule has 0 spiro atoms. The first-order chi connectivity index (χ1) is 9.41. The SMILES string of the molecule is CC(C)CN(CCN(C)C)C(c1ccccn1)C(C)N. The minimum atomic E-state index is 0.0609. The van der Waals surface area contributed by atoms with Crippen LogP contribution in [-0.2, 0) is 0 Å². The molecule has 0 aliphatic rings. The topological polar surface area (TPSA) is 45.4 Å². The smallest absolute Gasteiger partial charge is 0.0671 e. The maximum Gasteiger partial charge on any atom is 0.0671 e. The quantitative estimate of drug-likeness (QED) is 0.790. The van der Waals surface area contributed by atoms with Crippen molar-refractivity contribution in [1.82, 2.24) is 14.8 Å². The van der Waals surface area contributed by atoms with E-state index in [1.54, 1.807) is 0 Å². The zero-order chi connectivity index (χ0) is 15.1. The number of aromatic nitrogens is 1. The molecule has 20 heavy (non-hydrogen) atoms. The third-order valence-electron chi connectivity index (χ3n) is 3.32. The molecule has 0 aromatic carbocycles. The Morgan fingerprint density at radius 2 is 1.85 bits per heavy atom. The minimum Gasteiger partial charge on any atom is -0.326 e. The van der Waals surface area contributed by atoms with Gasteiger partial charge in [0, 0.05) is 31.9 Å². The van der Waals surface area contributed by atoms with E-state index in [-0.39, 0.29) is 12.1 Å². The van der Waals surface area contributed by atoms with E-state index in [9.17, 15) is 0 Å². The van der Waals surface area contributed by atoms with E-state index in [1.165, 1.54) is 0 Å². The van der Waals surface area contributed by atoms with Gasteiger partial charge in [-0.05, 0) is 39.1 Å². The van der Waals surface area contributed by atoms with Gasteiger partial charge in [-0.25, -0.2) is 0 Å². The predicted octanol–water partition coefficient (Wildman–Crippen LogP) is 1.99. The summed E-state index contributed by atoms with van der Waals surface area (Å²) in [5.41, 5.74) is 7.33. The van der Waals surface area contributed by atoms with Crippen LogP contribution >= 0.6 is 0 Å². The van der Waals surface area contributed by atoms with E-state index < -0.39 is 0 Å². The van der Waals surface area contributed by atoms with Gasteiger partial charge in [0.15, 0.2) is 0 Å². The standard InChI is InChI=1S/C16H30N4/c1-13(2)12-20(11-10-19(4)5)16(14(3)17)15-8-6-7-9-18-15/h6-9,13-14,16H,10-12,17H2,1-5H3. The average molecular weight is 278 g/mol. The summed E-state index contributed by atoms with van der Waals surface area (Å²) in [6.45, 7) is 9.65. The number of nitrogens with two attached hydrogens (primary N) is 1. The highest BCUT2D eigenvalue weighted by Crippen LogP contribution is 2.22. The van der Waals surface area contributed by atoms with Crippen molar-refractivity contribution in [3.8, 4) is 0 Å². The Balaban J connectivity index is 2.92. The highest BCUT2D eigenvalue weighted by atomic mass is 15.2. The molecular weight excluding hydrogens is 248 g/mol. The molecule has 1 heterocycles. The van der Waals surface area contributed by atoms with Crippen LogP contribution in [-0.4, -0.2) is 54.6 Å². The number of hydrogen-bond acceptors (Lipinski definition) is 4. The second-order valence-electron chi connectivity index (χ2n) is 6.25. The summed E-state index contributed by atoms with van der Waals surface area (Å²) < 4.78 is 0. The van der Waals surface area contributed by atoms with Crippen molar-refractivity contribution in [2.24, 2.45) is 11.7 Å². The molecule has 1 aromatic rings. The summed E-state index contributed by atoms with van der Waals surface area (Å²) in [7, 11) is 4.21. The van der Waals surface area contributed by atoms with Crippen molar-refractivity contribution < 1.29 is 0 Å². The summed E-state index contributed by atoms with van der Waals surface area (Å²) in [6, 6.07) is 6.31. The van der Waals surface area contributed by atoms with Crippen LogP contribution in [0.15, 0.2) is 24.4 Å². The van der Waals surface area contributed by atoms with Crippen molar-refractivity contribution >= 4 is 0 Å². The van der Waals surface area contributed by atoms with Crippen LogP contribution in [0.1, 0.15) is 32.5 Å². The Morgan fingerprint density at radius 1 is 1.15 bits per heavy atom. The Bertz CT molecular complexity index is 362. The highest BCUT2D eigenvalue weighted by molar-refractivity contribution is 5.11. The van der Waals surface area contributed by atoms with Gasteiger partial charge in [0.05, 0.1) is 11.7 Å². The van der Waals surface area contributed by atoms with Crippen LogP contribution in [0.25, 0.3) is 0 Å². The number of pyridine rings is 1. The average Bonchev–Trinajstić information content (AvgIpc) is 2.36. The Morgan fingerprint density at radius 3 is 2.30 bits per heavy atom. The van der Waals surface area contributed by atoms with Gasteiger partial charge in [0.2, 0.25) is 0 Å². The summed E-state index contributed by atoms with van der Waals surface area (Å²) in [5, 5.41) is 0. The molecule has 114 valence electrons. The molecule has 0 saturated carbocycles. The summed E-state index contributed by atoms with van der Waals surface area (Å²) in [4.78, 5) is 9.20. The zero-order valence-electron chi connectivity index (χ0n) is 13.6. The molecule has 2 N–H and O–H groups in total. The molecular formula is C16H30N4. The number of rotatable bonds is 8. The first-order valence-corrected chi connectivity index (χ1v) is 7.47. The van der Waals surface area contributed by atoms with E-state index in [2.05, 4.69) is 55.7 Å². The lowest BCUT2D eigenvalue weighted by molar-refractivity contribution is 0.141. The van der Waals surface area contributed by atoms with E-state index in [0.717, 1.165) is 25.3 Å². The highest BCUT2D eigenvalue weighted by Gasteiger charge is 2.25. The van der Waals surface area contributed by atoms with Crippen molar-refractivity contribution in [2.75, 3.05) is 33.7 Å². The van der Waals surface area contributed by atoms with Crippen LogP contribution in [0, 0.1) is 5.92 Å². The van der Waals surface area contributed by atoms with Gasteiger partial charge in [-0.15, -0.1) is 0 Å². The Kier molecular flexibility index (Phi) is 7.13. The molecule has 4 nitrogen and oxygen atoms in total. The predicted molar refractivity (Wildman–Crippen MR) is 85.6 cm³/mol. The third-order valence-corrected chi connectivity index (χ3v) is 3.32. The molecule has 0 saturated heterocycles. The monoisotopic (exact) mass is 278 g/mol. The molecule has 0 amide bonds. The summed E-state index contributed by atoms with van der Waals surface area (Å²) in [5.74, 6) is 0.613. The Hall–Kier alpha value is -0.970. The second kappa shape index (κ2) is 8.35.